The van der Waals surface area contributed by atoms with E-state index in [0.29, 0.717) is 6.04 Å². The van der Waals surface area contributed by atoms with Crippen LogP contribution in [0.2, 0.25) is 0 Å². The van der Waals surface area contributed by atoms with Crippen LogP contribution < -0.4 is 5.32 Å². The maximum absolute atomic E-state index is 3.50. The summed E-state index contributed by atoms with van der Waals surface area (Å²) in [7, 11) is 0. The lowest BCUT2D eigenvalue weighted by atomic mass is 10.1. The zero-order valence-corrected chi connectivity index (χ0v) is 10.5. The molecule has 1 aromatic rings. The number of halogens is 1. The molecule has 3 heteroatoms. The third kappa shape index (κ3) is 3.41. The third-order valence-corrected chi connectivity index (χ3v) is 3.70. The predicted octanol–water partition coefficient (Wildman–Crippen LogP) is 3.96. The van der Waals surface area contributed by atoms with Gasteiger partial charge in [-0.25, -0.2) is 0 Å². The maximum atomic E-state index is 3.50. The van der Waals surface area contributed by atoms with Crippen LogP contribution in [0.15, 0.2) is 15.9 Å². The summed E-state index contributed by atoms with van der Waals surface area (Å²) in [6.07, 6.45) is 2.45. The molecule has 1 rings (SSSR count). The maximum Gasteiger partial charge on any atom is 0.0701 e. The van der Waals surface area contributed by atoms with Gasteiger partial charge in [0.05, 0.1) is 3.79 Å². The molecule has 0 aliphatic rings. The van der Waals surface area contributed by atoms with Crippen LogP contribution in [0, 0.1) is 0 Å². The highest BCUT2D eigenvalue weighted by Gasteiger charge is 2.10. The zero-order valence-electron chi connectivity index (χ0n) is 8.14. The van der Waals surface area contributed by atoms with Gasteiger partial charge in [0.1, 0.15) is 0 Å². The first kappa shape index (κ1) is 11.2. The normalized spacial score (nSPS) is 13.2. The van der Waals surface area contributed by atoms with Crippen LogP contribution in [0.5, 0.6) is 0 Å². The highest BCUT2D eigenvalue weighted by atomic mass is 79.9. The molecular weight excluding hydrogens is 246 g/mol. The van der Waals surface area contributed by atoms with Gasteiger partial charge in [-0.05, 0) is 41.0 Å². The lowest BCUT2D eigenvalue weighted by Gasteiger charge is -2.14. The number of rotatable bonds is 5. The Bertz CT molecular complexity index is 241. The Hall–Kier alpha value is 0.140. The molecule has 0 amide bonds. The minimum absolute atomic E-state index is 0.547. The van der Waals surface area contributed by atoms with E-state index >= 15 is 0 Å². The SMILES string of the molecule is CCCC(NCC)c1ccc(Br)s1. The molecule has 1 unspecified atom stereocenters. The molecule has 0 spiro atoms. The summed E-state index contributed by atoms with van der Waals surface area (Å²) >= 11 is 5.32. The molecule has 0 aliphatic heterocycles. The van der Waals surface area contributed by atoms with Gasteiger partial charge in [0, 0.05) is 10.9 Å². The van der Waals surface area contributed by atoms with Crippen molar-refractivity contribution < 1.29 is 0 Å². The van der Waals surface area contributed by atoms with E-state index in [4.69, 9.17) is 0 Å². The first-order valence-electron chi connectivity index (χ1n) is 4.76. The van der Waals surface area contributed by atoms with Gasteiger partial charge in [-0.15, -0.1) is 11.3 Å². The number of nitrogens with one attached hydrogen (secondary N) is 1. The molecule has 0 saturated heterocycles. The Kier molecular flexibility index (Phi) is 4.99. The van der Waals surface area contributed by atoms with Crippen molar-refractivity contribution in [3.8, 4) is 0 Å². The molecule has 0 aliphatic carbocycles. The van der Waals surface area contributed by atoms with E-state index in [9.17, 15) is 0 Å². The molecule has 0 aromatic carbocycles. The molecule has 0 fully saturated rings. The quantitative estimate of drug-likeness (QED) is 0.846. The Morgan fingerprint density at radius 1 is 1.46 bits per heavy atom. The van der Waals surface area contributed by atoms with Crippen LogP contribution >= 0.6 is 27.3 Å². The number of hydrogen-bond acceptors (Lipinski definition) is 2. The van der Waals surface area contributed by atoms with Gasteiger partial charge in [0.25, 0.3) is 0 Å². The number of hydrogen-bond donors (Lipinski definition) is 1. The third-order valence-electron chi connectivity index (χ3n) is 1.97. The van der Waals surface area contributed by atoms with Gasteiger partial charge >= 0.3 is 0 Å². The number of thiophene rings is 1. The molecule has 74 valence electrons. The van der Waals surface area contributed by atoms with E-state index in [2.05, 4.69) is 47.2 Å². The van der Waals surface area contributed by atoms with Crippen molar-refractivity contribution in [1.29, 1.82) is 0 Å². The molecule has 0 bridgehead atoms. The molecule has 13 heavy (non-hydrogen) atoms. The van der Waals surface area contributed by atoms with E-state index < -0.39 is 0 Å². The zero-order chi connectivity index (χ0) is 9.68. The first-order chi connectivity index (χ1) is 6.27. The average molecular weight is 262 g/mol. The summed E-state index contributed by atoms with van der Waals surface area (Å²) in [5, 5.41) is 3.50. The lowest BCUT2D eigenvalue weighted by Crippen LogP contribution is -2.19. The summed E-state index contributed by atoms with van der Waals surface area (Å²) < 4.78 is 1.22. The van der Waals surface area contributed by atoms with Gasteiger partial charge < -0.3 is 5.32 Å². The fourth-order valence-corrected chi connectivity index (χ4v) is 2.93. The van der Waals surface area contributed by atoms with Crippen LogP contribution in [-0.4, -0.2) is 6.54 Å². The highest BCUT2D eigenvalue weighted by Crippen LogP contribution is 2.29. The van der Waals surface area contributed by atoms with Crippen molar-refractivity contribution >= 4 is 27.3 Å². The van der Waals surface area contributed by atoms with E-state index in [0.717, 1.165) is 6.54 Å². The summed E-state index contributed by atoms with van der Waals surface area (Å²) in [6, 6.07) is 4.88. The van der Waals surface area contributed by atoms with Crippen molar-refractivity contribution in [2.75, 3.05) is 6.54 Å². The van der Waals surface area contributed by atoms with Crippen LogP contribution in [0.4, 0.5) is 0 Å². The second-order valence-corrected chi connectivity index (χ2v) is 5.54. The van der Waals surface area contributed by atoms with Crippen LogP contribution in [-0.2, 0) is 0 Å². The molecule has 1 nitrogen and oxygen atoms in total. The minimum atomic E-state index is 0.547. The standard InChI is InChI=1S/C10H16BrNS/c1-3-5-8(12-4-2)9-6-7-10(11)13-9/h6-8,12H,3-5H2,1-2H3. The first-order valence-corrected chi connectivity index (χ1v) is 6.37. The average Bonchev–Trinajstić information content (AvgIpc) is 2.51. The molecule has 1 heterocycles. The molecule has 0 radical (unpaired) electrons. The molecule has 1 aromatic heterocycles. The second kappa shape index (κ2) is 5.78. The highest BCUT2D eigenvalue weighted by molar-refractivity contribution is 9.11. The molecular formula is C10H16BrNS. The topological polar surface area (TPSA) is 12.0 Å². The Morgan fingerprint density at radius 3 is 2.69 bits per heavy atom. The fraction of sp³-hybridized carbons (Fsp3) is 0.600. The van der Waals surface area contributed by atoms with E-state index in [1.165, 1.54) is 21.5 Å². The Morgan fingerprint density at radius 2 is 2.23 bits per heavy atom. The van der Waals surface area contributed by atoms with Gasteiger partial charge in [-0.2, -0.15) is 0 Å². The molecule has 1 atom stereocenters. The summed E-state index contributed by atoms with van der Waals surface area (Å²) in [4.78, 5) is 1.44. The summed E-state index contributed by atoms with van der Waals surface area (Å²) in [6.45, 7) is 5.43. The van der Waals surface area contributed by atoms with E-state index in [1.807, 2.05) is 11.3 Å². The summed E-state index contributed by atoms with van der Waals surface area (Å²) in [5.74, 6) is 0. The van der Waals surface area contributed by atoms with Gasteiger partial charge in [-0.1, -0.05) is 20.3 Å². The lowest BCUT2D eigenvalue weighted by molar-refractivity contribution is 0.516. The Labute approximate surface area is 92.7 Å². The molecule has 1 N–H and O–H groups in total. The van der Waals surface area contributed by atoms with Gasteiger partial charge in [0.2, 0.25) is 0 Å². The van der Waals surface area contributed by atoms with E-state index in [1.54, 1.807) is 0 Å². The largest absolute Gasteiger partial charge is 0.310 e. The van der Waals surface area contributed by atoms with Crippen molar-refractivity contribution in [3.63, 3.8) is 0 Å². The van der Waals surface area contributed by atoms with E-state index in [-0.39, 0.29) is 0 Å². The smallest absolute Gasteiger partial charge is 0.0701 e. The van der Waals surface area contributed by atoms with Crippen LogP contribution in [0.25, 0.3) is 0 Å². The van der Waals surface area contributed by atoms with Crippen molar-refractivity contribution in [2.24, 2.45) is 0 Å². The predicted molar refractivity (Wildman–Crippen MR) is 63.3 cm³/mol. The van der Waals surface area contributed by atoms with Crippen LogP contribution in [0.1, 0.15) is 37.6 Å². The van der Waals surface area contributed by atoms with Gasteiger partial charge in [0.15, 0.2) is 0 Å². The van der Waals surface area contributed by atoms with Gasteiger partial charge in [-0.3, -0.25) is 0 Å². The Balaban J connectivity index is 2.63. The van der Waals surface area contributed by atoms with Crippen molar-refractivity contribution in [2.45, 2.75) is 32.7 Å². The van der Waals surface area contributed by atoms with Crippen molar-refractivity contribution in [1.82, 2.24) is 5.32 Å². The molecule has 0 saturated carbocycles. The second-order valence-electron chi connectivity index (χ2n) is 3.04. The van der Waals surface area contributed by atoms with Crippen molar-refractivity contribution in [3.05, 3.63) is 20.8 Å². The monoisotopic (exact) mass is 261 g/mol. The fourth-order valence-electron chi connectivity index (χ4n) is 1.40. The van der Waals surface area contributed by atoms with Crippen LogP contribution in [0.3, 0.4) is 0 Å². The minimum Gasteiger partial charge on any atom is -0.310 e. The summed E-state index contributed by atoms with van der Waals surface area (Å²) in [5.41, 5.74) is 0.